The van der Waals surface area contributed by atoms with Gasteiger partial charge in [-0.3, -0.25) is 4.79 Å². The van der Waals surface area contributed by atoms with Gasteiger partial charge in [-0.2, -0.15) is 0 Å². The summed E-state index contributed by atoms with van der Waals surface area (Å²) < 4.78 is 7.45. The number of aryl methyl sites for hydroxylation is 1. The Morgan fingerprint density at radius 1 is 1.26 bits per heavy atom. The number of benzene rings is 1. The number of likely N-dealkylation sites (tertiary alicyclic amines) is 1. The highest BCUT2D eigenvalue weighted by atomic mass is 16.6. The van der Waals surface area contributed by atoms with Gasteiger partial charge in [-0.25, -0.2) is 4.79 Å². The Balaban J connectivity index is 1.83. The van der Waals surface area contributed by atoms with Crippen LogP contribution in [0.5, 0.6) is 0 Å². The largest absolute Gasteiger partial charge is 0.444 e. The highest BCUT2D eigenvalue weighted by Crippen LogP contribution is 2.35. The van der Waals surface area contributed by atoms with Gasteiger partial charge in [0.15, 0.2) is 6.29 Å². The van der Waals surface area contributed by atoms with E-state index in [0.717, 1.165) is 28.4 Å². The number of amides is 1. The Morgan fingerprint density at radius 2 is 1.91 bits per heavy atom. The van der Waals surface area contributed by atoms with Crippen LogP contribution in [0, 0.1) is 0 Å². The average Bonchev–Trinajstić information content (AvgIpc) is 2.69. The molecule has 1 aromatic carbocycles. The first-order valence-corrected chi connectivity index (χ1v) is 7.82. The van der Waals surface area contributed by atoms with E-state index < -0.39 is 5.60 Å². The fraction of sp³-hybridized carbons (Fsp3) is 0.444. The summed E-state index contributed by atoms with van der Waals surface area (Å²) in [6, 6.07) is 7.88. The van der Waals surface area contributed by atoms with Crippen LogP contribution >= 0.6 is 0 Å². The minimum absolute atomic E-state index is 0.167. The molecule has 122 valence electrons. The van der Waals surface area contributed by atoms with Gasteiger partial charge < -0.3 is 14.2 Å². The third-order valence-electron chi connectivity index (χ3n) is 4.23. The smallest absolute Gasteiger partial charge is 0.410 e. The molecule has 0 spiro atoms. The summed E-state index contributed by atoms with van der Waals surface area (Å²) in [6.45, 7) is 6.74. The Kier molecular flexibility index (Phi) is 3.66. The van der Waals surface area contributed by atoms with Crippen LogP contribution in [0.4, 0.5) is 4.79 Å². The van der Waals surface area contributed by atoms with E-state index in [4.69, 9.17) is 4.74 Å². The number of carbonyl (C=O) groups excluding carboxylic acids is 2. The topological polar surface area (TPSA) is 51.5 Å². The Labute approximate surface area is 135 Å². The van der Waals surface area contributed by atoms with Crippen LogP contribution in [-0.2, 0) is 11.8 Å². The van der Waals surface area contributed by atoms with Crippen molar-refractivity contribution < 1.29 is 14.3 Å². The molecule has 0 atom stereocenters. The summed E-state index contributed by atoms with van der Waals surface area (Å²) in [5.41, 5.74) is 2.29. The first-order chi connectivity index (χ1) is 10.8. The molecule has 1 fully saturated rings. The van der Waals surface area contributed by atoms with Crippen LogP contribution in [0.3, 0.4) is 0 Å². The summed E-state index contributed by atoms with van der Waals surface area (Å²) in [5.74, 6) is 0.167. The predicted octanol–water partition coefficient (Wildman–Crippen LogP) is 3.33. The standard InChI is InChI=1S/C18H22N2O3/c1-18(2,3)23-17(22)20-9-12(10-20)16-14(11-21)13-7-5-6-8-15(13)19(16)4/h5-8,11-12H,9-10H2,1-4H3. The number of fused-ring (bicyclic) bond motifs is 1. The molecule has 3 rings (SSSR count). The van der Waals surface area contributed by atoms with Crippen molar-refractivity contribution in [1.82, 2.24) is 9.47 Å². The second-order valence-corrected chi connectivity index (χ2v) is 7.08. The average molecular weight is 314 g/mol. The van der Waals surface area contributed by atoms with E-state index in [1.807, 2.05) is 52.1 Å². The maximum atomic E-state index is 12.1. The normalized spacial score (nSPS) is 15.6. The highest BCUT2D eigenvalue weighted by Gasteiger charge is 2.37. The van der Waals surface area contributed by atoms with Crippen LogP contribution in [-0.4, -0.2) is 40.5 Å². The van der Waals surface area contributed by atoms with E-state index in [0.29, 0.717) is 13.1 Å². The van der Waals surface area contributed by atoms with Crippen molar-refractivity contribution in [3.8, 4) is 0 Å². The molecule has 0 N–H and O–H groups in total. The van der Waals surface area contributed by atoms with Gasteiger partial charge in [0, 0.05) is 48.2 Å². The quantitative estimate of drug-likeness (QED) is 0.799. The van der Waals surface area contributed by atoms with Gasteiger partial charge in [0.1, 0.15) is 5.60 Å². The lowest BCUT2D eigenvalue weighted by Gasteiger charge is -2.40. The zero-order valence-corrected chi connectivity index (χ0v) is 14.0. The molecule has 2 aromatic rings. The lowest BCUT2D eigenvalue weighted by atomic mass is 9.93. The third-order valence-corrected chi connectivity index (χ3v) is 4.23. The molecule has 2 heterocycles. The number of nitrogens with zero attached hydrogens (tertiary/aromatic N) is 2. The van der Waals surface area contributed by atoms with E-state index in [1.54, 1.807) is 4.90 Å². The van der Waals surface area contributed by atoms with Crippen LogP contribution < -0.4 is 0 Å². The number of hydrogen-bond acceptors (Lipinski definition) is 3. The fourth-order valence-corrected chi connectivity index (χ4v) is 3.19. The fourth-order valence-electron chi connectivity index (χ4n) is 3.19. The van der Waals surface area contributed by atoms with E-state index in [-0.39, 0.29) is 12.0 Å². The minimum atomic E-state index is -0.490. The van der Waals surface area contributed by atoms with Gasteiger partial charge >= 0.3 is 6.09 Å². The number of ether oxygens (including phenoxy) is 1. The lowest BCUT2D eigenvalue weighted by molar-refractivity contribution is 0.00766. The number of carbonyl (C=O) groups is 2. The number of aromatic nitrogens is 1. The Hall–Kier alpha value is -2.30. The molecule has 0 radical (unpaired) electrons. The second kappa shape index (κ2) is 5.41. The van der Waals surface area contributed by atoms with Gasteiger partial charge in [-0.05, 0) is 26.8 Å². The Bertz CT molecular complexity index is 764. The van der Waals surface area contributed by atoms with Crippen molar-refractivity contribution in [3.05, 3.63) is 35.5 Å². The molecule has 0 aliphatic carbocycles. The van der Waals surface area contributed by atoms with Gasteiger partial charge in [0.25, 0.3) is 0 Å². The van der Waals surface area contributed by atoms with Crippen LogP contribution in [0.2, 0.25) is 0 Å². The van der Waals surface area contributed by atoms with Gasteiger partial charge in [-0.15, -0.1) is 0 Å². The van der Waals surface area contributed by atoms with E-state index >= 15 is 0 Å². The van der Waals surface area contributed by atoms with Crippen molar-refractivity contribution >= 4 is 23.3 Å². The third kappa shape index (κ3) is 2.71. The molecule has 1 aromatic heterocycles. The molecule has 0 bridgehead atoms. The maximum Gasteiger partial charge on any atom is 0.410 e. The summed E-state index contributed by atoms with van der Waals surface area (Å²) in [7, 11) is 1.97. The molecule has 5 heteroatoms. The van der Waals surface area contributed by atoms with Crippen molar-refractivity contribution in [2.75, 3.05) is 13.1 Å². The van der Waals surface area contributed by atoms with E-state index in [1.165, 1.54) is 0 Å². The summed E-state index contributed by atoms with van der Waals surface area (Å²) in [5, 5.41) is 0.968. The summed E-state index contributed by atoms with van der Waals surface area (Å²) >= 11 is 0. The molecule has 23 heavy (non-hydrogen) atoms. The van der Waals surface area contributed by atoms with Crippen LogP contribution in [0.15, 0.2) is 24.3 Å². The molecule has 0 unspecified atom stereocenters. The van der Waals surface area contributed by atoms with Crippen molar-refractivity contribution in [2.24, 2.45) is 7.05 Å². The van der Waals surface area contributed by atoms with Gasteiger partial charge in [-0.1, -0.05) is 18.2 Å². The minimum Gasteiger partial charge on any atom is -0.444 e. The SMILES string of the molecule is Cn1c(C2CN(C(=O)OC(C)(C)C)C2)c(C=O)c2ccccc21. The van der Waals surface area contributed by atoms with E-state index in [9.17, 15) is 9.59 Å². The monoisotopic (exact) mass is 314 g/mol. The molecule has 1 aliphatic rings. The summed E-state index contributed by atoms with van der Waals surface area (Å²) in [4.78, 5) is 25.3. The molecule has 1 aliphatic heterocycles. The summed E-state index contributed by atoms with van der Waals surface area (Å²) in [6.07, 6.45) is 0.633. The maximum absolute atomic E-state index is 12.1. The number of hydrogen-bond donors (Lipinski definition) is 0. The first kappa shape index (κ1) is 15.6. The highest BCUT2D eigenvalue weighted by molar-refractivity contribution is 5.99. The molecule has 0 saturated carbocycles. The Morgan fingerprint density at radius 3 is 2.52 bits per heavy atom. The van der Waals surface area contributed by atoms with Gasteiger partial charge in [0.2, 0.25) is 0 Å². The lowest BCUT2D eigenvalue weighted by Crippen LogP contribution is -2.50. The molecular formula is C18H22N2O3. The zero-order valence-electron chi connectivity index (χ0n) is 14.0. The number of rotatable bonds is 2. The van der Waals surface area contributed by atoms with Crippen molar-refractivity contribution in [2.45, 2.75) is 32.3 Å². The molecular weight excluding hydrogens is 292 g/mol. The number of aldehydes is 1. The van der Waals surface area contributed by atoms with Crippen molar-refractivity contribution in [1.29, 1.82) is 0 Å². The zero-order chi connectivity index (χ0) is 16.8. The van der Waals surface area contributed by atoms with E-state index in [2.05, 4.69) is 4.57 Å². The van der Waals surface area contributed by atoms with Crippen molar-refractivity contribution in [3.63, 3.8) is 0 Å². The predicted molar refractivity (Wildman–Crippen MR) is 88.9 cm³/mol. The molecule has 5 nitrogen and oxygen atoms in total. The van der Waals surface area contributed by atoms with Crippen LogP contribution in [0.25, 0.3) is 10.9 Å². The first-order valence-electron chi connectivity index (χ1n) is 7.82. The molecule has 1 amide bonds. The molecule has 1 saturated heterocycles. The van der Waals surface area contributed by atoms with Gasteiger partial charge in [0.05, 0.1) is 0 Å². The van der Waals surface area contributed by atoms with Crippen LogP contribution in [0.1, 0.15) is 42.7 Å². The second-order valence-electron chi connectivity index (χ2n) is 7.08. The number of para-hydroxylation sites is 1.